The van der Waals surface area contributed by atoms with Gasteiger partial charge in [0.15, 0.2) is 0 Å². The maximum atomic E-state index is 12.7. The van der Waals surface area contributed by atoms with Crippen molar-refractivity contribution >= 4 is 17.5 Å². The second-order valence-electron chi connectivity index (χ2n) is 4.25. The zero-order chi connectivity index (χ0) is 16.5. The fraction of sp³-hybridized carbons (Fsp3) is 0.333. The summed E-state index contributed by atoms with van der Waals surface area (Å²) in [5.74, 6) is -2.50. The van der Waals surface area contributed by atoms with Crippen molar-refractivity contribution in [3.05, 3.63) is 29.3 Å². The SMILES string of the molecule is O=C(Nc1cc(C(F)(F)F)ccc1C1=NCCO1)C(F)(F)F. The lowest BCUT2D eigenvalue weighted by atomic mass is 10.1. The van der Waals surface area contributed by atoms with Gasteiger partial charge in [-0.25, -0.2) is 4.99 Å². The summed E-state index contributed by atoms with van der Waals surface area (Å²) >= 11 is 0. The molecule has 1 aliphatic rings. The molecule has 2 rings (SSSR count). The maximum Gasteiger partial charge on any atom is 0.471 e. The first-order chi connectivity index (χ1) is 10.1. The lowest BCUT2D eigenvalue weighted by molar-refractivity contribution is -0.167. The number of amides is 1. The number of benzene rings is 1. The summed E-state index contributed by atoms with van der Waals surface area (Å²) in [6.45, 7) is 0.381. The molecule has 0 fully saturated rings. The van der Waals surface area contributed by atoms with Crippen LogP contribution in [0.3, 0.4) is 0 Å². The van der Waals surface area contributed by atoms with Gasteiger partial charge in [0.2, 0.25) is 5.90 Å². The van der Waals surface area contributed by atoms with Crippen molar-refractivity contribution in [2.45, 2.75) is 12.4 Å². The molecule has 0 spiro atoms. The molecule has 1 heterocycles. The van der Waals surface area contributed by atoms with Gasteiger partial charge in [0, 0.05) is 0 Å². The molecule has 0 aliphatic carbocycles. The number of hydrogen-bond acceptors (Lipinski definition) is 3. The Morgan fingerprint density at radius 3 is 2.36 bits per heavy atom. The van der Waals surface area contributed by atoms with Gasteiger partial charge in [0.05, 0.1) is 23.4 Å². The Kier molecular flexibility index (Phi) is 4.03. The van der Waals surface area contributed by atoms with Crippen LogP contribution in [0.25, 0.3) is 0 Å². The molecule has 1 aliphatic heterocycles. The molecule has 0 atom stereocenters. The first kappa shape index (κ1) is 16.1. The largest absolute Gasteiger partial charge is 0.475 e. The molecule has 0 bridgehead atoms. The number of nitrogens with zero attached hydrogens (tertiary/aromatic N) is 1. The second kappa shape index (κ2) is 5.50. The normalized spacial score (nSPS) is 15.3. The third-order valence-electron chi connectivity index (χ3n) is 2.67. The Balaban J connectivity index is 2.44. The van der Waals surface area contributed by atoms with Crippen molar-refractivity contribution in [1.29, 1.82) is 0 Å². The Hall–Kier alpha value is -2.26. The number of carbonyl (C=O) groups is 1. The number of nitrogens with one attached hydrogen (secondary N) is 1. The van der Waals surface area contributed by atoms with Crippen LogP contribution in [-0.2, 0) is 15.7 Å². The summed E-state index contributed by atoms with van der Waals surface area (Å²) in [6, 6.07) is 1.98. The number of hydrogen-bond donors (Lipinski definition) is 1. The van der Waals surface area contributed by atoms with E-state index in [0.717, 1.165) is 6.07 Å². The van der Waals surface area contributed by atoms with Crippen molar-refractivity contribution in [3.8, 4) is 0 Å². The van der Waals surface area contributed by atoms with Crippen LogP contribution in [0.2, 0.25) is 0 Å². The number of aliphatic imine (C=N–C) groups is 1. The molecule has 0 aromatic heterocycles. The van der Waals surface area contributed by atoms with E-state index in [9.17, 15) is 31.1 Å². The van der Waals surface area contributed by atoms with Crippen molar-refractivity contribution in [2.24, 2.45) is 4.99 Å². The Morgan fingerprint density at radius 1 is 1.18 bits per heavy atom. The minimum absolute atomic E-state index is 0.119. The minimum atomic E-state index is -5.23. The van der Waals surface area contributed by atoms with Crippen LogP contribution in [0.1, 0.15) is 11.1 Å². The number of alkyl halides is 6. The lowest BCUT2D eigenvalue weighted by Crippen LogP contribution is -2.30. The van der Waals surface area contributed by atoms with Gasteiger partial charge in [-0.3, -0.25) is 4.79 Å². The highest BCUT2D eigenvalue weighted by Gasteiger charge is 2.40. The third-order valence-corrected chi connectivity index (χ3v) is 2.67. The molecule has 1 amide bonds. The average molecular weight is 326 g/mol. The molecule has 10 heteroatoms. The highest BCUT2D eigenvalue weighted by molar-refractivity contribution is 6.05. The van der Waals surface area contributed by atoms with Crippen LogP contribution in [0.5, 0.6) is 0 Å². The van der Waals surface area contributed by atoms with E-state index in [1.807, 2.05) is 0 Å². The summed E-state index contributed by atoms with van der Waals surface area (Å²) in [5, 5.41) is 1.42. The molecule has 0 saturated carbocycles. The number of rotatable bonds is 2. The summed E-state index contributed by atoms with van der Waals surface area (Å²) < 4.78 is 79.8. The third kappa shape index (κ3) is 3.49. The lowest BCUT2D eigenvalue weighted by Gasteiger charge is -2.15. The second-order valence-corrected chi connectivity index (χ2v) is 4.25. The number of halogens is 6. The Bertz CT molecular complexity index is 621. The van der Waals surface area contributed by atoms with Gasteiger partial charge in [-0.15, -0.1) is 0 Å². The molecule has 0 radical (unpaired) electrons. The first-order valence-electron chi connectivity index (χ1n) is 5.86. The zero-order valence-corrected chi connectivity index (χ0v) is 10.7. The van der Waals surface area contributed by atoms with Gasteiger partial charge in [-0.1, -0.05) is 0 Å². The molecular weight excluding hydrogens is 318 g/mol. The first-order valence-corrected chi connectivity index (χ1v) is 5.86. The fourth-order valence-electron chi connectivity index (χ4n) is 1.70. The molecule has 1 aromatic carbocycles. The zero-order valence-electron chi connectivity index (χ0n) is 10.7. The van der Waals surface area contributed by atoms with E-state index in [0.29, 0.717) is 12.1 Å². The van der Waals surface area contributed by atoms with Crippen molar-refractivity contribution < 1.29 is 35.9 Å². The Morgan fingerprint density at radius 2 is 1.86 bits per heavy atom. The predicted octanol–water partition coefficient (Wildman–Crippen LogP) is 2.98. The van der Waals surface area contributed by atoms with E-state index in [4.69, 9.17) is 4.74 Å². The van der Waals surface area contributed by atoms with E-state index in [-0.39, 0.29) is 24.6 Å². The monoisotopic (exact) mass is 326 g/mol. The minimum Gasteiger partial charge on any atom is -0.475 e. The van der Waals surface area contributed by atoms with Gasteiger partial charge in [0.25, 0.3) is 0 Å². The number of ether oxygens (including phenoxy) is 1. The summed E-state index contributed by atoms with van der Waals surface area (Å²) in [7, 11) is 0. The van der Waals surface area contributed by atoms with E-state index in [2.05, 4.69) is 4.99 Å². The molecule has 0 unspecified atom stereocenters. The van der Waals surface area contributed by atoms with Crippen molar-refractivity contribution in [1.82, 2.24) is 0 Å². The quantitative estimate of drug-likeness (QED) is 0.850. The smallest absolute Gasteiger partial charge is 0.471 e. The highest BCUT2D eigenvalue weighted by Crippen LogP contribution is 2.33. The molecule has 4 nitrogen and oxygen atoms in total. The van der Waals surface area contributed by atoms with Gasteiger partial charge >= 0.3 is 18.3 Å². The van der Waals surface area contributed by atoms with E-state index in [1.54, 1.807) is 0 Å². The molecule has 1 N–H and O–H groups in total. The summed E-state index contributed by atoms with van der Waals surface area (Å²) in [4.78, 5) is 14.8. The topological polar surface area (TPSA) is 50.7 Å². The summed E-state index contributed by atoms with van der Waals surface area (Å²) in [6.07, 6.45) is -10.0. The predicted molar refractivity (Wildman–Crippen MR) is 63.5 cm³/mol. The maximum absolute atomic E-state index is 12.7. The van der Waals surface area contributed by atoms with Gasteiger partial charge in [-0.05, 0) is 18.2 Å². The van der Waals surface area contributed by atoms with Crippen LogP contribution in [-0.4, -0.2) is 31.1 Å². The number of anilines is 1. The van der Waals surface area contributed by atoms with E-state index < -0.39 is 29.5 Å². The van der Waals surface area contributed by atoms with Gasteiger partial charge in [0.1, 0.15) is 6.61 Å². The van der Waals surface area contributed by atoms with Crippen LogP contribution in [0.15, 0.2) is 23.2 Å². The summed E-state index contributed by atoms with van der Waals surface area (Å²) in [5.41, 5.74) is -2.02. The van der Waals surface area contributed by atoms with Gasteiger partial charge < -0.3 is 10.1 Å². The molecule has 1 aromatic rings. The molecule has 0 saturated heterocycles. The van der Waals surface area contributed by atoms with Crippen LogP contribution >= 0.6 is 0 Å². The fourth-order valence-corrected chi connectivity index (χ4v) is 1.70. The molecule has 120 valence electrons. The average Bonchev–Trinajstić information content (AvgIpc) is 2.90. The van der Waals surface area contributed by atoms with E-state index >= 15 is 0 Å². The molecule has 22 heavy (non-hydrogen) atoms. The number of carbonyl (C=O) groups excluding carboxylic acids is 1. The standard InChI is InChI=1S/C12H8F6N2O2/c13-11(14,15)6-1-2-7(9-19-3-4-22-9)8(5-6)20-10(21)12(16,17)18/h1-2,5H,3-4H2,(H,20,21). The van der Waals surface area contributed by atoms with Crippen molar-refractivity contribution in [2.75, 3.05) is 18.5 Å². The van der Waals surface area contributed by atoms with E-state index in [1.165, 1.54) is 5.32 Å². The Labute approximate surface area is 119 Å². The highest BCUT2D eigenvalue weighted by atomic mass is 19.4. The van der Waals surface area contributed by atoms with Gasteiger partial charge in [-0.2, -0.15) is 26.3 Å². The molecular formula is C12H8F6N2O2. The van der Waals surface area contributed by atoms with Crippen LogP contribution in [0.4, 0.5) is 32.0 Å². The van der Waals surface area contributed by atoms with Crippen molar-refractivity contribution in [3.63, 3.8) is 0 Å². The van der Waals surface area contributed by atoms with Crippen LogP contribution < -0.4 is 5.32 Å². The van der Waals surface area contributed by atoms with Crippen LogP contribution in [0, 0.1) is 0 Å².